The lowest BCUT2D eigenvalue weighted by atomic mass is 9.87. The molecule has 8 heteroatoms. The standard InChI is InChI=1S/C23H31ClN2O3S2/c1-23(2,3)19-9-11-21(12-10-19)26(31(4,28)29)16-22(27)25-13-6-14-30-17-18-7-5-8-20(24)15-18/h5,7-12,15H,6,13-14,16-17H2,1-4H3,(H,25,27). The second kappa shape index (κ2) is 11.2. The van der Waals surface area contributed by atoms with Crippen LogP contribution in [0.2, 0.25) is 5.02 Å². The molecule has 0 unspecified atom stereocenters. The number of carbonyl (C=O) groups is 1. The molecule has 0 aromatic heterocycles. The minimum Gasteiger partial charge on any atom is -0.354 e. The molecule has 170 valence electrons. The number of rotatable bonds is 10. The van der Waals surface area contributed by atoms with E-state index in [1.54, 1.807) is 23.9 Å². The van der Waals surface area contributed by atoms with Crippen molar-refractivity contribution in [3.05, 3.63) is 64.7 Å². The molecule has 0 bridgehead atoms. The van der Waals surface area contributed by atoms with Gasteiger partial charge in [0.15, 0.2) is 0 Å². The van der Waals surface area contributed by atoms with Crippen molar-refractivity contribution >= 4 is 45.0 Å². The summed E-state index contributed by atoms with van der Waals surface area (Å²) in [6, 6.07) is 15.1. The van der Waals surface area contributed by atoms with Crippen LogP contribution < -0.4 is 9.62 Å². The van der Waals surface area contributed by atoms with E-state index < -0.39 is 10.0 Å². The van der Waals surface area contributed by atoms with E-state index in [0.29, 0.717) is 12.2 Å². The number of anilines is 1. The van der Waals surface area contributed by atoms with Crippen LogP contribution in [-0.4, -0.2) is 39.4 Å². The Morgan fingerprint density at radius 1 is 1.13 bits per heavy atom. The Morgan fingerprint density at radius 2 is 1.81 bits per heavy atom. The lowest BCUT2D eigenvalue weighted by Crippen LogP contribution is -2.40. The number of nitrogens with zero attached hydrogens (tertiary/aromatic N) is 1. The first-order valence-electron chi connectivity index (χ1n) is 10.1. The van der Waals surface area contributed by atoms with Gasteiger partial charge >= 0.3 is 0 Å². The van der Waals surface area contributed by atoms with Gasteiger partial charge in [-0.3, -0.25) is 9.10 Å². The Kier molecular flexibility index (Phi) is 9.28. The molecular formula is C23H31ClN2O3S2. The number of thioether (sulfide) groups is 1. The van der Waals surface area contributed by atoms with E-state index in [0.717, 1.165) is 39.1 Å². The molecule has 0 saturated carbocycles. The highest BCUT2D eigenvalue weighted by Crippen LogP contribution is 2.25. The summed E-state index contributed by atoms with van der Waals surface area (Å²) in [6.07, 6.45) is 1.92. The first-order chi connectivity index (χ1) is 14.5. The lowest BCUT2D eigenvalue weighted by molar-refractivity contribution is -0.119. The Balaban J connectivity index is 1.82. The van der Waals surface area contributed by atoms with Gasteiger partial charge in [-0.1, -0.05) is 56.6 Å². The molecule has 0 radical (unpaired) electrons. The van der Waals surface area contributed by atoms with Gasteiger partial charge in [0.25, 0.3) is 0 Å². The summed E-state index contributed by atoms with van der Waals surface area (Å²) < 4.78 is 25.7. The van der Waals surface area contributed by atoms with Crippen LogP contribution in [0.1, 0.15) is 38.3 Å². The number of amides is 1. The van der Waals surface area contributed by atoms with Gasteiger partial charge in [-0.2, -0.15) is 11.8 Å². The number of nitrogens with one attached hydrogen (secondary N) is 1. The van der Waals surface area contributed by atoms with Gasteiger partial charge in [-0.05, 0) is 53.0 Å². The monoisotopic (exact) mass is 482 g/mol. The van der Waals surface area contributed by atoms with Crippen molar-refractivity contribution in [1.29, 1.82) is 0 Å². The lowest BCUT2D eigenvalue weighted by Gasteiger charge is -2.24. The van der Waals surface area contributed by atoms with Crippen LogP contribution >= 0.6 is 23.4 Å². The molecule has 0 saturated heterocycles. The van der Waals surface area contributed by atoms with Crippen molar-refractivity contribution in [2.24, 2.45) is 0 Å². The largest absolute Gasteiger partial charge is 0.354 e. The topological polar surface area (TPSA) is 66.5 Å². The fourth-order valence-corrected chi connectivity index (χ4v) is 4.91. The fourth-order valence-electron chi connectivity index (χ4n) is 2.93. The fraction of sp³-hybridized carbons (Fsp3) is 0.435. The number of hydrogen-bond acceptors (Lipinski definition) is 4. The molecule has 0 atom stereocenters. The average molecular weight is 483 g/mol. The predicted molar refractivity (Wildman–Crippen MR) is 133 cm³/mol. The van der Waals surface area contributed by atoms with Crippen LogP contribution in [0, 0.1) is 0 Å². The Labute approximate surface area is 195 Å². The van der Waals surface area contributed by atoms with E-state index in [1.165, 1.54) is 5.56 Å². The first kappa shape index (κ1) is 25.6. The molecule has 5 nitrogen and oxygen atoms in total. The number of carbonyl (C=O) groups excluding carboxylic acids is 1. The zero-order valence-electron chi connectivity index (χ0n) is 18.5. The molecule has 31 heavy (non-hydrogen) atoms. The molecular weight excluding hydrogens is 452 g/mol. The maximum absolute atomic E-state index is 12.4. The molecule has 2 aromatic carbocycles. The third-order valence-electron chi connectivity index (χ3n) is 4.65. The molecule has 0 heterocycles. The summed E-state index contributed by atoms with van der Waals surface area (Å²) in [5.74, 6) is 1.43. The normalized spacial score (nSPS) is 11.9. The second-order valence-electron chi connectivity index (χ2n) is 8.45. The van der Waals surface area contributed by atoms with Crippen LogP contribution in [0.3, 0.4) is 0 Å². The van der Waals surface area contributed by atoms with Crippen molar-refractivity contribution in [2.45, 2.75) is 38.4 Å². The molecule has 0 aliphatic heterocycles. The van der Waals surface area contributed by atoms with Gasteiger partial charge in [0.05, 0.1) is 11.9 Å². The van der Waals surface area contributed by atoms with E-state index in [4.69, 9.17) is 11.6 Å². The quantitative estimate of drug-likeness (QED) is 0.492. The summed E-state index contributed by atoms with van der Waals surface area (Å²) in [5.41, 5.74) is 2.73. The molecule has 0 aliphatic carbocycles. The van der Waals surface area contributed by atoms with Crippen LogP contribution in [0.25, 0.3) is 0 Å². The molecule has 0 fully saturated rings. The van der Waals surface area contributed by atoms with Gasteiger partial charge in [-0.15, -0.1) is 0 Å². The first-order valence-corrected chi connectivity index (χ1v) is 13.5. The molecule has 0 aliphatic rings. The van der Waals surface area contributed by atoms with Crippen LogP contribution in [-0.2, 0) is 26.0 Å². The van der Waals surface area contributed by atoms with E-state index >= 15 is 0 Å². The van der Waals surface area contributed by atoms with Gasteiger partial charge in [0.2, 0.25) is 15.9 Å². The molecule has 2 aromatic rings. The molecule has 2 rings (SSSR count). The highest BCUT2D eigenvalue weighted by atomic mass is 35.5. The maximum atomic E-state index is 12.4. The summed E-state index contributed by atoms with van der Waals surface area (Å²) in [5, 5.41) is 3.55. The minimum atomic E-state index is -3.58. The van der Waals surface area contributed by atoms with Gasteiger partial charge in [-0.25, -0.2) is 8.42 Å². The highest BCUT2D eigenvalue weighted by molar-refractivity contribution is 7.98. The summed E-state index contributed by atoms with van der Waals surface area (Å²) in [6.45, 7) is 6.55. The molecule has 1 amide bonds. The van der Waals surface area contributed by atoms with Crippen LogP contribution in [0.4, 0.5) is 5.69 Å². The van der Waals surface area contributed by atoms with E-state index in [1.807, 2.05) is 36.4 Å². The number of halogens is 1. The average Bonchev–Trinajstić information content (AvgIpc) is 2.67. The zero-order valence-corrected chi connectivity index (χ0v) is 20.9. The van der Waals surface area contributed by atoms with E-state index in [2.05, 4.69) is 26.1 Å². The summed E-state index contributed by atoms with van der Waals surface area (Å²) in [7, 11) is -3.58. The molecule has 1 N–H and O–H groups in total. The summed E-state index contributed by atoms with van der Waals surface area (Å²) >= 11 is 7.75. The Morgan fingerprint density at radius 3 is 2.39 bits per heavy atom. The number of benzene rings is 2. The van der Waals surface area contributed by atoms with Crippen molar-refractivity contribution in [1.82, 2.24) is 5.32 Å². The van der Waals surface area contributed by atoms with E-state index in [-0.39, 0.29) is 17.9 Å². The van der Waals surface area contributed by atoms with Gasteiger partial charge < -0.3 is 5.32 Å². The molecule has 0 spiro atoms. The third kappa shape index (κ3) is 8.75. The van der Waals surface area contributed by atoms with Crippen molar-refractivity contribution < 1.29 is 13.2 Å². The van der Waals surface area contributed by atoms with Crippen LogP contribution in [0.5, 0.6) is 0 Å². The maximum Gasteiger partial charge on any atom is 0.240 e. The number of hydrogen-bond donors (Lipinski definition) is 1. The van der Waals surface area contributed by atoms with Crippen molar-refractivity contribution in [3.63, 3.8) is 0 Å². The third-order valence-corrected chi connectivity index (χ3v) is 7.14. The van der Waals surface area contributed by atoms with Gasteiger partial charge in [0, 0.05) is 17.3 Å². The summed E-state index contributed by atoms with van der Waals surface area (Å²) in [4.78, 5) is 12.4. The smallest absolute Gasteiger partial charge is 0.240 e. The Bertz CT molecular complexity index is 971. The van der Waals surface area contributed by atoms with E-state index in [9.17, 15) is 13.2 Å². The zero-order chi connectivity index (χ0) is 23.1. The second-order valence-corrected chi connectivity index (χ2v) is 11.9. The Hall–Kier alpha value is -1.70. The predicted octanol–water partition coefficient (Wildman–Crippen LogP) is 4.84. The number of sulfonamides is 1. The van der Waals surface area contributed by atoms with Crippen molar-refractivity contribution in [3.8, 4) is 0 Å². The highest BCUT2D eigenvalue weighted by Gasteiger charge is 2.21. The SMILES string of the molecule is CC(C)(C)c1ccc(N(CC(=O)NCCCSCc2cccc(Cl)c2)S(C)(=O)=O)cc1. The van der Waals surface area contributed by atoms with Crippen molar-refractivity contribution in [2.75, 3.05) is 29.4 Å². The minimum absolute atomic E-state index is 0.0311. The van der Waals surface area contributed by atoms with Crippen LogP contribution in [0.15, 0.2) is 48.5 Å². The van der Waals surface area contributed by atoms with Gasteiger partial charge in [0.1, 0.15) is 6.54 Å².